The lowest BCUT2D eigenvalue weighted by Gasteiger charge is -2.19. The number of nitrogens with one attached hydrogen (secondary N) is 1. The van der Waals surface area contributed by atoms with Gasteiger partial charge in [0.15, 0.2) is 0 Å². The Kier molecular flexibility index (Phi) is 4.47. The van der Waals surface area contributed by atoms with Gasteiger partial charge in [-0.25, -0.2) is 9.37 Å². The van der Waals surface area contributed by atoms with Crippen molar-refractivity contribution in [3.63, 3.8) is 0 Å². The normalized spacial score (nSPS) is 15.1. The third-order valence-corrected chi connectivity index (χ3v) is 4.51. The Morgan fingerprint density at radius 3 is 2.59 bits per heavy atom. The number of hydrogen-bond acceptors (Lipinski definition) is 5. The van der Waals surface area contributed by atoms with Crippen molar-refractivity contribution < 1.29 is 22.5 Å². The molecule has 0 unspecified atom stereocenters. The van der Waals surface area contributed by atoms with Crippen LogP contribution in [0.2, 0.25) is 0 Å². The number of nitro groups is 1. The molecule has 1 N–H and O–H groups in total. The highest BCUT2D eigenvalue weighted by atomic mass is 19.4. The van der Waals surface area contributed by atoms with Gasteiger partial charge in [0, 0.05) is 18.2 Å². The van der Waals surface area contributed by atoms with Crippen LogP contribution in [0.4, 0.5) is 29.1 Å². The Morgan fingerprint density at radius 1 is 1.33 bits per heavy atom. The van der Waals surface area contributed by atoms with E-state index in [1.807, 2.05) is 0 Å². The van der Waals surface area contributed by atoms with Crippen LogP contribution in [0, 0.1) is 27.3 Å². The fourth-order valence-corrected chi connectivity index (χ4v) is 2.89. The summed E-state index contributed by atoms with van der Waals surface area (Å²) in [6.45, 7) is 0.0243. The molecule has 1 saturated carbocycles. The van der Waals surface area contributed by atoms with Crippen molar-refractivity contribution in [1.29, 1.82) is 5.26 Å². The summed E-state index contributed by atoms with van der Waals surface area (Å²) in [6.07, 6.45) is -2.47. The average Bonchev–Trinajstić information content (AvgIpc) is 3.39. The summed E-state index contributed by atoms with van der Waals surface area (Å²) >= 11 is 0. The van der Waals surface area contributed by atoms with Crippen LogP contribution in [0.1, 0.15) is 29.5 Å². The molecule has 140 valence electrons. The zero-order valence-electron chi connectivity index (χ0n) is 13.7. The SMILES string of the molecule is N#Cc1ccnc(NCC2(c3cc(F)cc(C(F)(F)F)c3)CC2)c1[N+](=O)[O-]. The molecule has 1 aromatic carbocycles. The first-order valence-corrected chi connectivity index (χ1v) is 7.82. The van der Waals surface area contributed by atoms with Gasteiger partial charge < -0.3 is 5.32 Å². The van der Waals surface area contributed by atoms with Gasteiger partial charge in [-0.15, -0.1) is 0 Å². The largest absolute Gasteiger partial charge is 0.416 e. The van der Waals surface area contributed by atoms with Crippen LogP contribution in [-0.2, 0) is 11.6 Å². The summed E-state index contributed by atoms with van der Waals surface area (Å²) < 4.78 is 52.5. The molecule has 0 saturated heterocycles. The van der Waals surface area contributed by atoms with Gasteiger partial charge in [-0.3, -0.25) is 10.1 Å². The number of anilines is 1. The molecule has 0 aliphatic heterocycles. The van der Waals surface area contributed by atoms with Crippen molar-refractivity contribution in [2.24, 2.45) is 0 Å². The summed E-state index contributed by atoms with van der Waals surface area (Å²) in [5.41, 5.74) is -2.39. The second-order valence-electron chi connectivity index (χ2n) is 6.28. The highest BCUT2D eigenvalue weighted by molar-refractivity contribution is 5.64. The molecular weight excluding hydrogens is 368 g/mol. The van der Waals surface area contributed by atoms with Gasteiger partial charge in [-0.1, -0.05) is 0 Å². The Labute approximate surface area is 150 Å². The first-order chi connectivity index (χ1) is 12.7. The molecule has 10 heteroatoms. The van der Waals surface area contributed by atoms with E-state index in [9.17, 15) is 27.7 Å². The lowest BCUT2D eigenvalue weighted by molar-refractivity contribution is -0.384. The van der Waals surface area contributed by atoms with Gasteiger partial charge in [0.25, 0.3) is 0 Å². The first-order valence-electron chi connectivity index (χ1n) is 7.82. The summed E-state index contributed by atoms with van der Waals surface area (Å²) in [4.78, 5) is 14.3. The van der Waals surface area contributed by atoms with E-state index in [0.29, 0.717) is 18.9 Å². The van der Waals surface area contributed by atoms with Crippen molar-refractivity contribution in [3.8, 4) is 6.07 Å². The van der Waals surface area contributed by atoms with Crippen molar-refractivity contribution in [3.05, 3.63) is 63.1 Å². The van der Waals surface area contributed by atoms with E-state index in [2.05, 4.69) is 10.3 Å². The molecule has 0 amide bonds. The molecular formula is C17H12F4N4O2. The van der Waals surface area contributed by atoms with E-state index in [1.54, 1.807) is 6.07 Å². The van der Waals surface area contributed by atoms with E-state index in [-0.39, 0.29) is 23.5 Å². The standard InChI is InChI=1S/C17H12F4N4O2/c18-13-6-11(5-12(7-13)17(19,20)21)16(2-3-16)9-24-15-14(25(26)27)10(8-22)1-4-23-15/h1,4-7H,2-3,9H2,(H,23,24). The molecule has 1 aliphatic carbocycles. The van der Waals surface area contributed by atoms with Gasteiger partial charge in [-0.05, 0) is 42.7 Å². The number of nitrogens with zero attached hydrogens (tertiary/aromatic N) is 3. The maximum Gasteiger partial charge on any atom is 0.416 e. The van der Waals surface area contributed by atoms with Gasteiger partial charge in [0.05, 0.1) is 10.5 Å². The quantitative estimate of drug-likeness (QED) is 0.478. The summed E-state index contributed by atoms with van der Waals surface area (Å²) in [5, 5.41) is 22.9. The monoisotopic (exact) mass is 380 g/mol. The molecule has 1 aliphatic rings. The zero-order valence-corrected chi connectivity index (χ0v) is 13.7. The van der Waals surface area contributed by atoms with Crippen LogP contribution in [-0.4, -0.2) is 16.5 Å². The second kappa shape index (κ2) is 6.50. The first kappa shape index (κ1) is 18.6. The van der Waals surface area contributed by atoms with Crippen molar-refractivity contribution in [1.82, 2.24) is 4.98 Å². The molecule has 0 bridgehead atoms. The lowest BCUT2D eigenvalue weighted by atomic mass is 9.93. The van der Waals surface area contributed by atoms with Crippen LogP contribution >= 0.6 is 0 Å². The minimum absolute atomic E-state index is 0.0243. The number of rotatable bonds is 5. The Hall–Kier alpha value is -3.22. The van der Waals surface area contributed by atoms with Crippen LogP contribution in [0.15, 0.2) is 30.5 Å². The summed E-state index contributed by atoms with van der Waals surface area (Å²) in [6, 6.07) is 5.25. The molecule has 0 radical (unpaired) electrons. The number of alkyl halides is 3. The predicted octanol–water partition coefficient (Wildman–Crippen LogP) is 4.16. The number of aromatic nitrogens is 1. The molecule has 27 heavy (non-hydrogen) atoms. The van der Waals surface area contributed by atoms with E-state index < -0.39 is 33.6 Å². The minimum atomic E-state index is -4.68. The van der Waals surface area contributed by atoms with E-state index >= 15 is 0 Å². The van der Waals surface area contributed by atoms with Gasteiger partial charge in [-0.2, -0.15) is 18.4 Å². The molecule has 2 aromatic rings. The third kappa shape index (κ3) is 3.67. The Bertz CT molecular complexity index is 949. The fraction of sp³-hybridized carbons (Fsp3) is 0.294. The highest BCUT2D eigenvalue weighted by Crippen LogP contribution is 2.49. The Morgan fingerprint density at radius 2 is 2.04 bits per heavy atom. The summed E-state index contributed by atoms with van der Waals surface area (Å²) in [7, 11) is 0. The lowest BCUT2D eigenvalue weighted by Crippen LogP contribution is -2.22. The number of nitriles is 1. The van der Waals surface area contributed by atoms with E-state index in [0.717, 1.165) is 12.1 Å². The van der Waals surface area contributed by atoms with Crippen LogP contribution in [0.5, 0.6) is 0 Å². The van der Waals surface area contributed by atoms with E-state index in [1.165, 1.54) is 12.3 Å². The van der Waals surface area contributed by atoms with Crippen molar-refractivity contribution in [2.45, 2.75) is 24.4 Å². The maximum atomic E-state index is 13.7. The number of pyridine rings is 1. The van der Waals surface area contributed by atoms with Crippen molar-refractivity contribution in [2.75, 3.05) is 11.9 Å². The number of halogens is 4. The van der Waals surface area contributed by atoms with Gasteiger partial charge >= 0.3 is 11.9 Å². The molecule has 1 heterocycles. The van der Waals surface area contributed by atoms with Gasteiger partial charge in [0.2, 0.25) is 5.82 Å². The summed E-state index contributed by atoms with van der Waals surface area (Å²) in [5.74, 6) is -1.15. The average molecular weight is 380 g/mol. The van der Waals surface area contributed by atoms with Crippen LogP contribution in [0.25, 0.3) is 0 Å². The molecule has 0 atom stereocenters. The van der Waals surface area contributed by atoms with Crippen LogP contribution in [0.3, 0.4) is 0 Å². The predicted molar refractivity (Wildman–Crippen MR) is 86.4 cm³/mol. The molecule has 0 spiro atoms. The van der Waals surface area contributed by atoms with Crippen LogP contribution < -0.4 is 5.32 Å². The maximum absolute atomic E-state index is 13.7. The fourth-order valence-electron chi connectivity index (χ4n) is 2.89. The molecule has 1 fully saturated rings. The topological polar surface area (TPSA) is 91.8 Å². The smallest absolute Gasteiger partial charge is 0.363 e. The van der Waals surface area contributed by atoms with E-state index in [4.69, 9.17) is 5.26 Å². The third-order valence-electron chi connectivity index (χ3n) is 4.51. The Balaban J connectivity index is 1.89. The van der Waals surface area contributed by atoms with Gasteiger partial charge in [0.1, 0.15) is 17.4 Å². The second-order valence-corrected chi connectivity index (χ2v) is 6.28. The number of benzene rings is 1. The minimum Gasteiger partial charge on any atom is -0.363 e. The molecule has 3 rings (SSSR count). The zero-order chi connectivity index (χ0) is 19.8. The molecule has 1 aromatic heterocycles. The van der Waals surface area contributed by atoms with Crippen molar-refractivity contribution >= 4 is 11.5 Å². The molecule has 6 nitrogen and oxygen atoms in total. The number of hydrogen-bond donors (Lipinski definition) is 1. The highest BCUT2D eigenvalue weighted by Gasteiger charge is 2.46.